The summed E-state index contributed by atoms with van der Waals surface area (Å²) < 4.78 is 0. The number of nitrogens with zero attached hydrogens (tertiary/aromatic N) is 1. The van der Waals surface area contributed by atoms with Crippen molar-refractivity contribution < 1.29 is 0 Å². The Morgan fingerprint density at radius 2 is 1.80 bits per heavy atom. The Balaban J connectivity index is 3.88. The molecule has 0 saturated carbocycles. The van der Waals surface area contributed by atoms with Crippen LogP contribution in [0.25, 0.3) is 0 Å². The first kappa shape index (κ1) is 4.75. The van der Waals surface area contributed by atoms with Crippen LogP contribution in [-0.4, -0.2) is 23.9 Å². The van der Waals surface area contributed by atoms with Crippen molar-refractivity contribution in [3.63, 3.8) is 0 Å². The fraction of sp³-hybridized carbons (Fsp3) is 0. The van der Waals surface area contributed by atoms with Crippen molar-refractivity contribution in [2.45, 2.75) is 0 Å². The molecule has 0 N–H and O–H groups in total. The van der Waals surface area contributed by atoms with Gasteiger partial charge in [-0.3, -0.25) is 0 Å². The topological polar surface area (TPSA) is 23.8 Å². The maximum atomic E-state index is 7.82. The van der Waals surface area contributed by atoms with Gasteiger partial charge in [-0.2, -0.15) is 0 Å². The third-order valence-corrected chi connectivity index (χ3v) is 0.671. The SMILES string of the molecule is C=[Se](=C)C#N. The normalized spacial score (nSPS) is 5.40. The molecule has 0 rings (SSSR count). The fourth-order valence-corrected chi connectivity index (χ4v) is 0. The van der Waals surface area contributed by atoms with Crippen LogP contribution in [0, 0.1) is 10.2 Å². The number of nitriles is 1. The van der Waals surface area contributed by atoms with Gasteiger partial charge in [-0.05, 0) is 0 Å². The van der Waals surface area contributed by atoms with Crippen LogP contribution in [-0.2, 0) is 0 Å². The van der Waals surface area contributed by atoms with Crippen LogP contribution in [0.2, 0.25) is 0 Å². The van der Waals surface area contributed by atoms with Crippen molar-refractivity contribution in [2.24, 2.45) is 0 Å². The first-order valence-corrected chi connectivity index (χ1v) is 4.28. The predicted octanol–water partition coefficient (Wildman–Crippen LogP) is -0.429. The summed E-state index contributed by atoms with van der Waals surface area (Å²) in [5.41, 5.74) is 6.82. The quantitative estimate of drug-likeness (QED) is 0.411. The van der Waals surface area contributed by atoms with Gasteiger partial charge in [-0.1, -0.05) is 0 Å². The summed E-state index contributed by atoms with van der Waals surface area (Å²) in [5.74, 6) is 0. The second-order valence-corrected chi connectivity index (χ2v) is 3.04. The van der Waals surface area contributed by atoms with Crippen LogP contribution < -0.4 is 0 Å². The van der Waals surface area contributed by atoms with E-state index in [0.29, 0.717) is 0 Å². The van der Waals surface area contributed by atoms with Crippen LogP contribution in [0.5, 0.6) is 0 Å². The molecule has 0 aliphatic heterocycles. The van der Waals surface area contributed by atoms with E-state index in [1.165, 1.54) is 0 Å². The summed E-state index contributed by atoms with van der Waals surface area (Å²) >= 11 is -1.24. The van der Waals surface area contributed by atoms with Crippen molar-refractivity contribution in [2.75, 3.05) is 0 Å². The molecular weight excluding hydrogens is 129 g/mol. The summed E-state index contributed by atoms with van der Waals surface area (Å²) in [4.78, 5) is 1.93. The number of hydrogen-bond donors (Lipinski definition) is 0. The third kappa shape index (κ3) is 3.75. The maximum absolute atomic E-state index is 7.82. The van der Waals surface area contributed by atoms with Crippen molar-refractivity contribution in [1.82, 2.24) is 0 Å². The summed E-state index contributed by atoms with van der Waals surface area (Å²) in [6.45, 7) is 0. The minimum absolute atomic E-state index is 1.24. The van der Waals surface area contributed by atoms with Crippen LogP contribution in [0.1, 0.15) is 0 Å². The molecule has 0 amide bonds. The van der Waals surface area contributed by atoms with Gasteiger partial charge in [0.2, 0.25) is 0 Å². The summed E-state index contributed by atoms with van der Waals surface area (Å²) in [6.07, 6.45) is 0. The molecule has 0 aromatic heterocycles. The van der Waals surface area contributed by atoms with E-state index in [4.69, 9.17) is 5.26 Å². The zero-order valence-electron chi connectivity index (χ0n) is 2.77. The Morgan fingerprint density at radius 1 is 1.60 bits per heavy atom. The molecule has 0 unspecified atom stereocenters. The third-order valence-electron chi connectivity index (χ3n) is 0.129. The van der Waals surface area contributed by atoms with Crippen LogP contribution in [0.3, 0.4) is 0 Å². The van der Waals surface area contributed by atoms with E-state index in [0.717, 1.165) is 0 Å². The minimum atomic E-state index is -1.24. The molecule has 2 heteroatoms. The molecule has 0 fully saturated rings. The van der Waals surface area contributed by atoms with E-state index in [2.05, 4.69) is 10.8 Å². The number of rotatable bonds is 0. The van der Waals surface area contributed by atoms with Gasteiger partial charge in [0.05, 0.1) is 0 Å². The van der Waals surface area contributed by atoms with E-state index in [9.17, 15) is 0 Å². The molecule has 0 atom stereocenters. The van der Waals surface area contributed by atoms with E-state index in [1.54, 1.807) is 0 Å². The molecule has 1 radical (unpaired) electrons. The van der Waals surface area contributed by atoms with Gasteiger partial charge >= 0.3 is 34.1 Å². The molecule has 0 spiro atoms. The monoisotopic (exact) mass is 134 g/mol. The first-order chi connectivity index (χ1) is 2.27. The van der Waals surface area contributed by atoms with E-state index in [-0.39, 0.29) is 0 Å². The van der Waals surface area contributed by atoms with Gasteiger partial charge in [0, 0.05) is 0 Å². The van der Waals surface area contributed by atoms with Crippen molar-refractivity contribution in [3.05, 3.63) is 0 Å². The zero-order chi connectivity index (χ0) is 4.28. The number of hydrogen-bond acceptors (Lipinski definition) is 1. The van der Waals surface area contributed by atoms with Crippen molar-refractivity contribution >= 4 is 23.9 Å². The summed E-state index contributed by atoms with van der Waals surface area (Å²) in [5, 5.41) is 7.82. The second-order valence-electron chi connectivity index (χ2n) is 0.584. The van der Waals surface area contributed by atoms with E-state index in [1.807, 2.05) is 4.97 Å². The molecule has 0 saturated heterocycles. The molecule has 27 valence electrons. The molecule has 0 aliphatic carbocycles. The molecule has 0 aromatic carbocycles. The molecule has 0 bridgehead atoms. The molecular formula is C3H4NSe. The Kier molecular flexibility index (Phi) is 1.92. The molecule has 0 heterocycles. The Bertz CT molecular complexity index is 107. The van der Waals surface area contributed by atoms with Crippen LogP contribution >= 0.6 is 0 Å². The Morgan fingerprint density at radius 3 is 1.80 bits per heavy atom. The predicted molar refractivity (Wildman–Crippen MR) is 25.6 cm³/mol. The van der Waals surface area contributed by atoms with Gasteiger partial charge in [0.25, 0.3) is 0 Å². The molecule has 5 heavy (non-hydrogen) atoms. The molecule has 1 nitrogen and oxygen atoms in total. The van der Waals surface area contributed by atoms with E-state index >= 15 is 0 Å². The summed E-state index contributed by atoms with van der Waals surface area (Å²) in [7, 11) is 0. The zero-order valence-corrected chi connectivity index (χ0v) is 4.48. The van der Waals surface area contributed by atoms with Gasteiger partial charge in [-0.15, -0.1) is 0 Å². The summed E-state index contributed by atoms with van der Waals surface area (Å²) in [6, 6.07) is 0. The average Bonchev–Trinajstić information content (AvgIpc) is 1.38. The van der Waals surface area contributed by atoms with Gasteiger partial charge < -0.3 is 0 Å². The van der Waals surface area contributed by atoms with Gasteiger partial charge in [-0.25, -0.2) is 0 Å². The van der Waals surface area contributed by atoms with Crippen molar-refractivity contribution in [3.8, 4) is 4.97 Å². The second kappa shape index (κ2) is 2.02. The molecule has 0 aromatic rings. The van der Waals surface area contributed by atoms with Crippen LogP contribution in [0.15, 0.2) is 0 Å². The molecule has 0 aliphatic rings. The van der Waals surface area contributed by atoms with Gasteiger partial charge in [0.15, 0.2) is 0 Å². The Labute approximate surface area is 34.8 Å². The van der Waals surface area contributed by atoms with Crippen molar-refractivity contribution in [1.29, 1.82) is 5.26 Å². The van der Waals surface area contributed by atoms with E-state index < -0.39 is 13.0 Å². The standard InChI is InChI=1S/C3H4NSe/c1-5(2)3-4/h1-2H2. The average molecular weight is 133 g/mol. The van der Waals surface area contributed by atoms with Crippen LogP contribution in [0.4, 0.5) is 0 Å². The van der Waals surface area contributed by atoms with Gasteiger partial charge in [0.1, 0.15) is 0 Å². The Hall–Kier alpha value is -0.251. The first-order valence-electron chi connectivity index (χ1n) is 1.01. The fourth-order valence-electron chi connectivity index (χ4n) is 0.